The summed E-state index contributed by atoms with van der Waals surface area (Å²) >= 11 is 0. The molecule has 4 nitrogen and oxygen atoms in total. The Labute approximate surface area is 348 Å². The molecular weight excluding hydrogens is 729 g/mol. The highest BCUT2D eigenvalue weighted by atomic mass is 15.2. The van der Waals surface area contributed by atoms with Crippen molar-refractivity contribution in [3.05, 3.63) is 206 Å². The SMILES string of the molecule is Cn1c2cc(N(c3ccccc3)c3cccc4ccccc34)ccc2c2c3ccc4c(c3ccc21)c1ccc(N(c2ccccc2)c2cccc3ccccc23)cc1n4C. The van der Waals surface area contributed by atoms with Crippen LogP contribution in [0.1, 0.15) is 0 Å². The van der Waals surface area contributed by atoms with Crippen molar-refractivity contribution in [3.8, 4) is 0 Å². The van der Waals surface area contributed by atoms with E-state index in [-0.39, 0.29) is 0 Å². The Kier molecular flexibility index (Phi) is 7.63. The molecule has 0 amide bonds. The minimum atomic E-state index is 1.13. The predicted octanol–water partition coefficient (Wildman–Crippen LogP) is 15.4. The zero-order valence-electron chi connectivity index (χ0n) is 33.4. The summed E-state index contributed by atoms with van der Waals surface area (Å²) in [5.74, 6) is 0. The number of fused-ring (bicyclic) bond motifs is 11. The molecule has 2 aromatic heterocycles. The summed E-state index contributed by atoms with van der Waals surface area (Å²) < 4.78 is 4.73. The van der Waals surface area contributed by atoms with Gasteiger partial charge in [0.05, 0.1) is 22.4 Å². The summed E-state index contributed by atoms with van der Waals surface area (Å²) in [6, 6.07) is 75.2. The van der Waals surface area contributed by atoms with Crippen LogP contribution in [0.2, 0.25) is 0 Å². The Morgan fingerprint density at radius 1 is 0.283 bits per heavy atom. The molecule has 0 aliphatic heterocycles. The van der Waals surface area contributed by atoms with Crippen molar-refractivity contribution in [2.75, 3.05) is 9.80 Å². The predicted molar refractivity (Wildman–Crippen MR) is 256 cm³/mol. The van der Waals surface area contributed by atoms with E-state index in [1.54, 1.807) is 0 Å². The van der Waals surface area contributed by atoms with Crippen LogP contribution < -0.4 is 9.80 Å². The van der Waals surface area contributed by atoms with E-state index in [1.165, 1.54) is 75.9 Å². The van der Waals surface area contributed by atoms with Crippen LogP contribution in [0.5, 0.6) is 0 Å². The molecule has 0 bridgehead atoms. The van der Waals surface area contributed by atoms with Crippen LogP contribution in [-0.2, 0) is 14.1 Å². The molecule has 12 rings (SSSR count). The summed E-state index contributed by atoms with van der Waals surface area (Å²) in [6.07, 6.45) is 0. The molecule has 0 spiro atoms. The molecule has 0 atom stereocenters. The lowest BCUT2D eigenvalue weighted by Crippen LogP contribution is -2.10. The van der Waals surface area contributed by atoms with Crippen LogP contribution in [0.25, 0.3) is 75.9 Å². The quantitative estimate of drug-likeness (QED) is 0.167. The number of nitrogens with zero attached hydrogens (tertiary/aromatic N) is 4. The van der Waals surface area contributed by atoms with Gasteiger partial charge in [0.25, 0.3) is 0 Å². The molecule has 0 fully saturated rings. The van der Waals surface area contributed by atoms with Gasteiger partial charge >= 0.3 is 0 Å². The van der Waals surface area contributed by atoms with Crippen LogP contribution in [0, 0.1) is 0 Å². The molecule has 10 aromatic carbocycles. The monoisotopic (exact) mass is 768 g/mol. The number of hydrogen-bond acceptors (Lipinski definition) is 2. The van der Waals surface area contributed by atoms with Gasteiger partial charge in [0, 0.05) is 80.2 Å². The van der Waals surface area contributed by atoms with Gasteiger partial charge in [-0.2, -0.15) is 0 Å². The molecule has 0 aliphatic carbocycles. The molecular formula is C56H40N4. The lowest BCUT2D eigenvalue weighted by Gasteiger charge is -2.27. The topological polar surface area (TPSA) is 16.3 Å². The van der Waals surface area contributed by atoms with Crippen molar-refractivity contribution >= 4 is 110 Å². The normalized spacial score (nSPS) is 11.8. The molecule has 284 valence electrons. The van der Waals surface area contributed by atoms with Crippen LogP contribution >= 0.6 is 0 Å². The second-order valence-corrected chi connectivity index (χ2v) is 15.9. The van der Waals surface area contributed by atoms with Gasteiger partial charge in [0.2, 0.25) is 0 Å². The van der Waals surface area contributed by atoms with E-state index in [9.17, 15) is 0 Å². The standard InChI is InChI=1S/C56H40N4/c1-57-51-33-31-46-45(55(51)47-29-27-41(35-53(47)57)59(39-19-5-3-6-20-39)49-25-13-17-37-15-9-11-23-43(37)49)32-34-52-56(46)48-30-28-42(36-54(48)58(52)2)60(40-21-7-4-8-22-40)50-26-14-18-38-16-10-12-24-44(38)50/h3-36H,1-2H3. The minimum absolute atomic E-state index is 1.13. The summed E-state index contributed by atoms with van der Waals surface area (Å²) in [5.41, 5.74) is 11.7. The third-order valence-electron chi connectivity index (χ3n) is 12.7. The minimum Gasteiger partial charge on any atom is -0.344 e. The van der Waals surface area contributed by atoms with Gasteiger partial charge in [0.1, 0.15) is 0 Å². The first-order valence-electron chi connectivity index (χ1n) is 20.6. The van der Waals surface area contributed by atoms with Gasteiger partial charge in [-0.3, -0.25) is 0 Å². The number of rotatable bonds is 6. The molecule has 60 heavy (non-hydrogen) atoms. The third-order valence-corrected chi connectivity index (χ3v) is 12.7. The van der Waals surface area contributed by atoms with E-state index in [4.69, 9.17) is 0 Å². The number of hydrogen-bond donors (Lipinski definition) is 0. The summed E-state index contributed by atoms with van der Waals surface area (Å²) in [6.45, 7) is 0. The van der Waals surface area contributed by atoms with E-state index in [2.05, 4.69) is 239 Å². The number of aryl methyl sites for hydroxylation is 2. The van der Waals surface area contributed by atoms with Crippen LogP contribution in [0.3, 0.4) is 0 Å². The Morgan fingerprint density at radius 3 is 1.12 bits per heavy atom. The van der Waals surface area contributed by atoms with E-state index in [0.717, 1.165) is 34.1 Å². The first kappa shape index (κ1) is 34.2. The smallest absolute Gasteiger partial charge is 0.0540 e. The number of anilines is 6. The average molecular weight is 769 g/mol. The fraction of sp³-hybridized carbons (Fsp3) is 0.0357. The molecule has 0 N–H and O–H groups in total. The van der Waals surface area contributed by atoms with Crippen molar-refractivity contribution in [1.29, 1.82) is 0 Å². The zero-order valence-corrected chi connectivity index (χ0v) is 33.4. The van der Waals surface area contributed by atoms with E-state index < -0.39 is 0 Å². The van der Waals surface area contributed by atoms with E-state index in [1.807, 2.05) is 0 Å². The first-order chi connectivity index (χ1) is 29.6. The largest absolute Gasteiger partial charge is 0.344 e. The van der Waals surface area contributed by atoms with Gasteiger partial charge in [-0.1, -0.05) is 133 Å². The maximum atomic E-state index is 2.39. The third kappa shape index (κ3) is 5.11. The summed E-state index contributed by atoms with van der Waals surface area (Å²) in [7, 11) is 4.41. The van der Waals surface area contributed by atoms with Gasteiger partial charge in [0.15, 0.2) is 0 Å². The number of aromatic nitrogens is 2. The Bertz CT molecular complexity index is 3380. The van der Waals surface area contributed by atoms with Crippen LogP contribution in [-0.4, -0.2) is 9.13 Å². The lowest BCUT2D eigenvalue weighted by molar-refractivity contribution is 1.01. The van der Waals surface area contributed by atoms with E-state index >= 15 is 0 Å². The maximum absolute atomic E-state index is 2.39. The van der Waals surface area contributed by atoms with Crippen LogP contribution in [0.15, 0.2) is 206 Å². The Balaban J connectivity index is 1.04. The average Bonchev–Trinajstić information content (AvgIpc) is 3.76. The molecule has 2 heterocycles. The van der Waals surface area contributed by atoms with Gasteiger partial charge < -0.3 is 18.9 Å². The maximum Gasteiger partial charge on any atom is 0.0540 e. The van der Waals surface area contributed by atoms with Gasteiger partial charge in [-0.15, -0.1) is 0 Å². The Morgan fingerprint density at radius 2 is 0.667 bits per heavy atom. The highest BCUT2D eigenvalue weighted by Crippen LogP contribution is 2.45. The molecule has 0 unspecified atom stereocenters. The number of benzene rings is 10. The van der Waals surface area contributed by atoms with Crippen LogP contribution in [0.4, 0.5) is 34.1 Å². The molecule has 0 aliphatic rings. The van der Waals surface area contributed by atoms with E-state index in [0.29, 0.717) is 0 Å². The lowest BCUT2D eigenvalue weighted by atomic mass is 9.99. The zero-order chi connectivity index (χ0) is 39.9. The summed E-state index contributed by atoms with van der Waals surface area (Å²) in [5, 5.41) is 12.5. The highest BCUT2D eigenvalue weighted by molar-refractivity contribution is 6.29. The van der Waals surface area contributed by atoms with Crippen molar-refractivity contribution in [2.24, 2.45) is 14.1 Å². The van der Waals surface area contributed by atoms with Gasteiger partial charge in [-0.05, 0) is 94.3 Å². The first-order valence-corrected chi connectivity index (χ1v) is 20.6. The summed E-state index contributed by atoms with van der Waals surface area (Å²) in [4.78, 5) is 4.79. The molecule has 0 saturated carbocycles. The fourth-order valence-electron chi connectivity index (χ4n) is 9.88. The molecule has 12 aromatic rings. The second kappa shape index (κ2) is 13.4. The second-order valence-electron chi connectivity index (χ2n) is 15.9. The van der Waals surface area contributed by atoms with Crippen molar-refractivity contribution < 1.29 is 0 Å². The molecule has 0 saturated heterocycles. The number of para-hydroxylation sites is 2. The van der Waals surface area contributed by atoms with Crippen molar-refractivity contribution in [3.63, 3.8) is 0 Å². The fourth-order valence-corrected chi connectivity index (χ4v) is 9.88. The highest BCUT2D eigenvalue weighted by Gasteiger charge is 2.22. The molecule has 0 radical (unpaired) electrons. The molecule has 4 heteroatoms. The van der Waals surface area contributed by atoms with Gasteiger partial charge in [-0.25, -0.2) is 0 Å². The van der Waals surface area contributed by atoms with Crippen molar-refractivity contribution in [2.45, 2.75) is 0 Å². The Hall–Kier alpha value is -7.82. The van der Waals surface area contributed by atoms with Crippen molar-refractivity contribution in [1.82, 2.24) is 9.13 Å².